The van der Waals surface area contributed by atoms with Crippen LogP contribution in [-0.2, 0) is 0 Å². The first-order valence-corrected chi connectivity index (χ1v) is 6.58. The monoisotopic (exact) mass is 220 g/mol. The normalized spacial score (nSPS) is 25.2. The molecule has 2 aliphatic rings. The third kappa shape index (κ3) is 1.18. The Kier molecular flexibility index (Phi) is 1.80. The maximum Gasteiger partial charge on any atom is 0.00307 e. The van der Waals surface area contributed by atoms with E-state index in [2.05, 4.69) is 49.4 Å². The summed E-state index contributed by atoms with van der Waals surface area (Å²) in [5.41, 5.74) is 4.62. The fraction of sp³-hybridized carbons (Fsp3) is 0.294. The Balaban J connectivity index is 2.18. The number of allylic oxidation sites excluding steroid dienone is 1. The lowest BCUT2D eigenvalue weighted by Crippen LogP contribution is -2.14. The highest BCUT2D eigenvalue weighted by atomic mass is 14.3. The van der Waals surface area contributed by atoms with Crippen LogP contribution >= 0.6 is 0 Å². The second-order valence-electron chi connectivity index (χ2n) is 5.46. The van der Waals surface area contributed by atoms with E-state index >= 15 is 0 Å². The zero-order valence-corrected chi connectivity index (χ0v) is 10.1. The Bertz CT molecular complexity index is 634. The van der Waals surface area contributed by atoms with Gasteiger partial charge >= 0.3 is 0 Å². The first kappa shape index (κ1) is 9.47. The highest BCUT2D eigenvalue weighted by molar-refractivity contribution is 5.96. The third-order valence-corrected chi connectivity index (χ3v) is 4.47. The van der Waals surface area contributed by atoms with Gasteiger partial charge in [-0.05, 0) is 46.2 Å². The fourth-order valence-corrected chi connectivity index (χ4v) is 3.56. The smallest absolute Gasteiger partial charge is 0.00307 e. The molecule has 17 heavy (non-hydrogen) atoms. The second-order valence-corrected chi connectivity index (χ2v) is 5.46. The van der Waals surface area contributed by atoms with Gasteiger partial charge < -0.3 is 0 Å². The van der Waals surface area contributed by atoms with Crippen molar-refractivity contribution < 1.29 is 0 Å². The van der Waals surface area contributed by atoms with Gasteiger partial charge in [-0.3, -0.25) is 0 Å². The predicted octanol–water partition coefficient (Wildman–Crippen LogP) is 4.85. The molecule has 84 valence electrons. The summed E-state index contributed by atoms with van der Waals surface area (Å²) in [5, 5.41) is 2.92. The average Bonchev–Trinajstić information content (AvgIpc) is 2.38. The minimum absolute atomic E-state index is 0.666. The lowest BCUT2D eigenvalue weighted by atomic mass is 9.72. The Morgan fingerprint density at radius 1 is 1.06 bits per heavy atom. The van der Waals surface area contributed by atoms with E-state index in [9.17, 15) is 0 Å². The molecule has 0 radical (unpaired) electrons. The summed E-state index contributed by atoms with van der Waals surface area (Å²) in [6, 6.07) is 11.3. The molecule has 2 aromatic carbocycles. The van der Waals surface area contributed by atoms with Crippen molar-refractivity contribution in [3.8, 4) is 0 Å². The highest BCUT2D eigenvalue weighted by Crippen LogP contribution is 2.46. The third-order valence-electron chi connectivity index (χ3n) is 4.47. The molecule has 0 bridgehead atoms. The van der Waals surface area contributed by atoms with Crippen molar-refractivity contribution in [3.05, 3.63) is 53.1 Å². The molecule has 0 fully saturated rings. The molecule has 0 saturated carbocycles. The molecule has 0 saturated heterocycles. The summed E-state index contributed by atoms with van der Waals surface area (Å²) in [6.07, 6.45) is 7.38. The maximum atomic E-state index is 2.41. The van der Waals surface area contributed by atoms with Gasteiger partial charge in [0, 0.05) is 5.92 Å². The SMILES string of the molecule is CC1CCC2C=Cc3cccc4ccc1c2c34. The first-order chi connectivity index (χ1) is 8.34. The number of hydrogen-bond acceptors (Lipinski definition) is 0. The van der Waals surface area contributed by atoms with E-state index in [1.165, 1.54) is 29.2 Å². The highest BCUT2D eigenvalue weighted by Gasteiger charge is 2.27. The van der Waals surface area contributed by atoms with Crippen LogP contribution in [0.2, 0.25) is 0 Å². The fourth-order valence-electron chi connectivity index (χ4n) is 3.56. The van der Waals surface area contributed by atoms with E-state index in [1.807, 2.05) is 0 Å². The Hall–Kier alpha value is -1.56. The van der Waals surface area contributed by atoms with Crippen LogP contribution in [0.1, 0.15) is 48.3 Å². The standard InChI is InChI=1S/C17H16/c1-11-5-6-14-8-7-12-3-2-4-13-9-10-15(11)17(14)16(12)13/h2-4,7-11,14H,5-6H2,1H3. The molecule has 0 heteroatoms. The summed E-state index contributed by atoms with van der Waals surface area (Å²) < 4.78 is 0. The molecular weight excluding hydrogens is 204 g/mol. The van der Waals surface area contributed by atoms with Gasteiger partial charge in [-0.15, -0.1) is 0 Å². The van der Waals surface area contributed by atoms with Gasteiger partial charge in [0.15, 0.2) is 0 Å². The molecule has 0 amide bonds. The average molecular weight is 220 g/mol. The zero-order valence-electron chi connectivity index (χ0n) is 10.1. The predicted molar refractivity (Wildman–Crippen MR) is 73.4 cm³/mol. The largest absolute Gasteiger partial charge is 0.0764 e. The summed E-state index contributed by atoms with van der Waals surface area (Å²) >= 11 is 0. The van der Waals surface area contributed by atoms with Crippen molar-refractivity contribution in [1.29, 1.82) is 0 Å². The van der Waals surface area contributed by atoms with Gasteiger partial charge in [0.05, 0.1) is 0 Å². The van der Waals surface area contributed by atoms with Crippen LogP contribution in [0.5, 0.6) is 0 Å². The van der Waals surface area contributed by atoms with Gasteiger partial charge in [0.2, 0.25) is 0 Å². The van der Waals surface area contributed by atoms with E-state index in [0.717, 1.165) is 5.92 Å². The van der Waals surface area contributed by atoms with E-state index in [0.29, 0.717) is 5.92 Å². The topological polar surface area (TPSA) is 0 Å². The molecule has 0 aliphatic heterocycles. The first-order valence-electron chi connectivity index (χ1n) is 6.58. The quantitative estimate of drug-likeness (QED) is 0.595. The van der Waals surface area contributed by atoms with Crippen LogP contribution in [0.3, 0.4) is 0 Å². The molecule has 2 aromatic rings. The molecule has 0 nitrogen and oxygen atoms in total. The molecule has 0 N–H and O–H groups in total. The molecule has 0 heterocycles. The molecule has 0 aromatic heterocycles. The minimum Gasteiger partial charge on any atom is -0.0764 e. The lowest BCUT2D eigenvalue weighted by Gasteiger charge is -2.32. The summed E-state index contributed by atoms with van der Waals surface area (Å²) in [5.74, 6) is 1.39. The van der Waals surface area contributed by atoms with Crippen molar-refractivity contribution in [3.63, 3.8) is 0 Å². The zero-order chi connectivity index (χ0) is 11.4. The molecule has 2 unspecified atom stereocenters. The van der Waals surface area contributed by atoms with Crippen LogP contribution in [0.25, 0.3) is 16.8 Å². The van der Waals surface area contributed by atoms with Gasteiger partial charge in [0.25, 0.3) is 0 Å². The molecule has 2 atom stereocenters. The summed E-state index contributed by atoms with van der Waals surface area (Å²) in [7, 11) is 0. The Labute approximate surface area is 102 Å². The van der Waals surface area contributed by atoms with Crippen molar-refractivity contribution in [2.45, 2.75) is 31.6 Å². The van der Waals surface area contributed by atoms with Crippen molar-refractivity contribution in [2.24, 2.45) is 0 Å². The minimum atomic E-state index is 0.666. The van der Waals surface area contributed by atoms with Gasteiger partial charge in [0.1, 0.15) is 0 Å². The number of hydrogen-bond donors (Lipinski definition) is 0. The van der Waals surface area contributed by atoms with Crippen LogP contribution in [0.4, 0.5) is 0 Å². The van der Waals surface area contributed by atoms with Crippen molar-refractivity contribution in [2.75, 3.05) is 0 Å². The Morgan fingerprint density at radius 3 is 2.94 bits per heavy atom. The van der Waals surface area contributed by atoms with E-state index in [1.54, 1.807) is 11.1 Å². The van der Waals surface area contributed by atoms with E-state index in [4.69, 9.17) is 0 Å². The van der Waals surface area contributed by atoms with E-state index in [-0.39, 0.29) is 0 Å². The van der Waals surface area contributed by atoms with Crippen LogP contribution in [-0.4, -0.2) is 0 Å². The number of rotatable bonds is 0. The van der Waals surface area contributed by atoms with Crippen LogP contribution < -0.4 is 0 Å². The molecular formula is C17H16. The number of benzene rings is 2. The van der Waals surface area contributed by atoms with Crippen LogP contribution in [0, 0.1) is 0 Å². The summed E-state index contributed by atoms with van der Waals surface area (Å²) in [6.45, 7) is 2.37. The second kappa shape index (κ2) is 3.22. The van der Waals surface area contributed by atoms with Gasteiger partial charge in [-0.2, -0.15) is 0 Å². The van der Waals surface area contributed by atoms with Crippen molar-refractivity contribution >= 4 is 16.8 Å². The van der Waals surface area contributed by atoms with E-state index < -0.39 is 0 Å². The molecule has 4 rings (SSSR count). The van der Waals surface area contributed by atoms with Crippen molar-refractivity contribution in [1.82, 2.24) is 0 Å². The van der Waals surface area contributed by atoms with Gasteiger partial charge in [-0.25, -0.2) is 0 Å². The lowest BCUT2D eigenvalue weighted by molar-refractivity contribution is 0.557. The maximum absolute atomic E-state index is 2.41. The van der Waals surface area contributed by atoms with Crippen LogP contribution in [0.15, 0.2) is 36.4 Å². The summed E-state index contributed by atoms with van der Waals surface area (Å²) in [4.78, 5) is 0. The molecule has 2 aliphatic carbocycles. The van der Waals surface area contributed by atoms with Gasteiger partial charge in [-0.1, -0.05) is 49.4 Å². The Morgan fingerprint density at radius 2 is 2.00 bits per heavy atom. The molecule has 0 spiro atoms.